The molecule has 0 aliphatic heterocycles. The van der Waals surface area contributed by atoms with Crippen LogP contribution in [-0.4, -0.2) is 27.5 Å². The fourth-order valence-corrected chi connectivity index (χ4v) is 2.32. The molecule has 0 bridgehead atoms. The molecule has 1 amide bonds. The van der Waals surface area contributed by atoms with Crippen LogP contribution in [0.25, 0.3) is 0 Å². The highest BCUT2D eigenvalue weighted by Gasteiger charge is 2.15. The van der Waals surface area contributed by atoms with Gasteiger partial charge in [-0.3, -0.25) is 4.79 Å². The van der Waals surface area contributed by atoms with Gasteiger partial charge in [-0.1, -0.05) is 28.9 Å². The number of carbonyl (C=O) groups excluding carboxylic acids is 1. The van der Waals surface area contributed by atoms with Crippen molar-refractivity contribution < 1.29 is 9.32 Å². The predicted octanol–water partition coefficient (Wildman–Crippen LogP) is 3.40. The van der Waals surface area contributed by atoms with Crippen LogP contribution in [0.3, 0.4) is 0 Å². The number of aromatic nitrogens is 2. The van der Waals surface area contributed by atoms with Gasteiger partial charge in [0.05, 0.1) is 6.54 Å². The van der Waals surface area contributed by atoms with Gasteiger partial charge in [0, 0.05) is 18.0 Å². The average molecular weight is 322 g/mol. The summed E-state index contributed by atoms with van der Waals surface area (Å²) in [5.41, 5.74) is 1.19. The predicted molar refractivity (Wildman–Crippen MR) is 84.5 cm³/mol. The molecular weight excluding hydrogens is 302 g/mol. The van der Waals surface area contributed by atoms with Crippen LogP contribution in [0.15, 0.2) is 28.8 Å². The van der Waals surface area contributed by atoms with Crippen molar-refractivity contribution in [1.29, 1.82) is 0 Å². The van der Waals surface area contributed by atoms with Crippen molar-refractivity contribution in [1.82, 2.24) is 15.0 Å². The summed E-state index contributed by atoms with van der Waals surface area (Å²) in [4.78, 5) is 18.1. The van der Waals surface area contributed by atoms with Crippen LogP contribution < -0.4 is 0 Å². The largest absolute Gasteiger partial charge is 0.337 e. The first-order chi connectivity index (χ1) is 10.6. The van der Waals surface area contributed by atoms with Crippen molar-refractivity contribution >= 4 is 17.5 Å². The number of rotatable bonds is 7. The number of halogens is 1. The molecule has 118 valence electrons. The second-order valence-electron chi connectivity index (χ2n) is 5.12. The minimum Gasteiger partial charge on any atom is -0.337 e. The van der Waals surface area contributed by atoms with Gasteiger partial charge >= 0.3 is 0 Å². The average Bonchev–Trinajstić information content (AvgIpc) is 2.92. The van der Waals surface area contributed by atoms with E-state index in [1.165, 1.54) is 5.56 Å². The Balaban J connectivity index is 1.80. The molecule has 0 spiro atoms. The van der Waals surface area contributed by atoms with Gasteiger partial charge in [-0.15, -0.1) is 0 Å². The van der Waals surface area contributed by atoms with Crippen LogP contribution in [0.1, 0.15) is 37.0 Å². The normalized spacial score (nSPS) is 10.7. The van der Waals surface area contributed by atoms with Gasteiger partial charge in [-0.05, 0) is 44.4 Å². The van der Waals surface area contributed by atoms with Gasteiger partial charge in [0.2, 0.25) is 11.8 Å². The first-order valence-corrected chi connectivity index (χ1v) is 7.77. The molecule has 0 aliphatic carbocycles. The minimum atomic E-state index is 0.104. The molecule has 0 radical (unpaired) electrons. The summed E-state index contributed by atoms with van der Waals surface area (Å²) >= 11 is 5.85. The molecule has 1 heterocycles. The van der Waals surface area contributed by atoms with Crippen molar-refractivity contribution in [2.75, 3.05) is 6.54 Å². The second-order valence-corrected chi connectivity index (χ2v) is 5.56. The summed E-state index contributed by atoms with van der Waals surface area (Å²) in [5, 5.41) is 4.47. The molecule has 5 nitrogen and oxygen atoms in total. The molecule has 0 aliphatic rings. The summed E-state index contributed by atoms with van der Waals surface area (Å²) in [5.74, 6) is 1.17. The zero-order valence-corrected chi connectivity index (χ0v) is 13.6. The zero-order chi connectivity index (χ0) is 15.9. The molecule has 0 saturated heterocycles. The molecule has 0 atom stereocenters. The summed E-state index contributed by atoms with van der Waals surface area (Å²) in [6, 6.07) is 7.72. The fraction of sp³-hybridized carbons (Fsp3) is 0.438. The molecule has 2 rings (SSSR count). The van der Waals surface area contributed by atoms with Crippen molar-refractivity contribution in [3.63, 3.8) is 0 Å². The maximum absolute atomic E-state index is 12.2. The highest BCUT2D eigenvalue weighted by Crippen LogP contribution is 2.12. The molecule has 0 N–H and O–H groups in total. The first-order valence-electron chi connectivity index (χ1n) is 7.40. The van der Waals surface area contributed by atoms with Gasteiger partial charge < -0.3 is 9.42 Å². The SMILES string of the molecule is CCN(Cc1nc(C)no1)C(=O)CCCc1ccc(Cl)cc1. The topological polar surface area (TPSA) is 59.2 Å². The number of hydrogen-bond donors (Lipinski definition) is 0. The Morgan fingerprint density at radius 1 is 1.32 bits per heavy atom. The molecule has 6 heteroatoms. The number of benzene rings is 1. The van der Waals surface area contributed by atoms with Crippen LogP contribution in [-0.2, 0) is 17.8 Å². The van der Waals surface area contributed by atoms with Crippen LogP contribution in [0.2, 0.25) is 5.02 Å². The van der Waals surface area contributed by atoms with Crippen LogP contribution in [0.4, 0.5) is 0 Å². The van der Waals surface area contributed by atoms with Crippen molar-refractivity contribution in [3.8, 4) is 0 Å². The van der Waals surface area contributed by atoms with E-state index in [0.29, 0.717) is 31.2 Å². The van der Waals surface area contributed by atoms with Crippen molar-refractivity contribution in [2.45, 2.75) is 39.7 Å². The van der Waals surface area contributed by atoms with E-state index in [0.717, 1.165) is 17.9 Å². The molecule has 0 fully saturated rings. The van der Waals surface area contributed by atoms with Gasteiger partial charge in [-0.25, -0.2) is 0 Å². The summed E-state index contributed by atoms with van der Waals surface area (Å²) in [6.45, 7) is 4.70. The maximum atomic E-state index is 12.2. The molecule has 0 unspecified atom stereocenters. The minimum absolute atomic E-state index is 0.104. The Hall–Kier alpha value is -1.88. The van der Waals surface area contributed by atoms with E-state index in [1.807, 2.05) is 31.2 Å². The van der Waals surface area contributed by atoms with E-state index in [2.05, 4.69) is 10.1 Å². The number of hydrogen-bond acceptors (Lipinski definition) is 4. The van der Waals surface area contributed by atoms with E-state index < -0.39 is 0 Å². The van der Waals surface area contributed by atoms with E-state index in [9.17, 15) is 4.79 Å². The molecule has 0 saturated carbocycles. The number of carbonyl (C=O) groups is 1. The molecular formula is C16H20ClN3O2. The number of amides is 1. The third-order valence-electron chi connectivity index (χ3n) is 3.40. The van der Waals surface area contributed by atoms with Crippen LogP contribution in [0.5, 0.6) is 0 Å². The lowest BCUT2D eigenvalue weighted by atomic mass is 10.1. The van der Waals surface area contributed by atoms with Gasteiger partial charge in [0.15, 0.2) is 5.82 Å². The highest BCUT2D eigenvalue weighted by molar-refractivity contribution is 6.30. The molecule has 22 heavy (non-hydrogen) atoms. The Bertz CT molecular complexity index is 610. The molecule has 2 aromatic rings. The third kappa shape index (κ3) is 4.84. The quantitative estimate of drug-likeness (QED) is 0.784. The zero-order valence-electron chi connectivity index (χ0n) is 12.9. The Morgan fingerprint density at radius 2 is 2.05 bits per heavy atom. The highest BCUT2D eigenvalue weighted by atomic mass is 35.5. The molecule has 1 aromatic carbocycles. The van der Waals surface area contributed by atoms with Gasteiger partial charge in [-0.2, -0.15) is 4.98 Å². The van der Waals surface area contributed by atoms with Gasteiger partial charge in [0.1, 0.15) is 0 Å². The lowest BCUT2D eigenvalue weighted by Gasteiger charge is -2.18. The lowest BCUT2D eigenvalue weighted by molar-refractivity contribution is -0.132. The Labute approximate surface area is 135 Å². The summed E-state index contributed by atoms with van der Waals surface area (Å²) in [6.07, 6.45) is 2.17. The van der Waals surface area contributed by atoms with Crippen molar-refractivity contribution in [2.24, 2.45) is 0 Å². The standard InChI is InChI=1S/C16H20ClN3O2/c1-3-20(11-15-18-12(2)19-22-15)16(21)6-4-5-13-7-9-14(17)10-8-13/h7-10H,3-6,11H2,1-2H3. The van der Waals surface area contributed by atoms with E-state index in [-0.39, 0.29) is 5.91 Å². The summed E-state index contributed by atoms with van der Waals surface area (Å²) in [7, 11) is 0. The molecule has 1 aromatic heterocycles. The van der Waals surface area contributed by atoms with E-state index in [4.69, 9.17) is 16.1 Å². The van der Waals surface area contributed by atoms with Crippen LogP contribution in [0, 0.1) is 6.92 Å². The lowest BCUT2D eigenvalue weighted by Crippen LogP contribution is -2.30. The maximum Gasteiger partial charge on any atom is 0.246 e. The first kappa shape index (κ1) is 16.5. The van der Waals surface area contributed by atoms with Gasteiger partial charge in [0.25, 0.3) is 0 Å². The fourth-order valence-electron chi connectivity index (χ4n) is 2.20. The van der Waals surface area contributed by atoms with E-state index in [1.54, 1.807) is 11.8 Å². The summed E-state index contributed by atoms with van der Waals surface area (Å²) < 4.78 is 5.06. The monoisotopic (exact) mass is 321 g/mol. The number of nitrogens with zero attached hydrogens (tertiary/aromatic N) is 3. The number of aryl methyl sites for hydroxylation is 2. The van der Waals surface area contributed by atoms with Crippen LogP contribution >= 0.6 is 11.6 Å². The Morgan fingerprint density at radius 3 is 2.64 bits per heavy atom. The third-order valence-corrected chi connectivity index (χ3v) is 3.65. The van der Waals surface area contributed by atoms with E-state index >= 15 is 0 Å². The Kier molecular flexibility index (Phi) is 5.95. The smallest absolute Gasteiger partial charge is 0.246 e. The van der Waals surface area contributed by atoms with Crippen molar-refractivity contribution in [3.05, 3.63) is 46.6 Å². The second kappa shape index (κ2) is 7.94.